The molecule has 9 rings (SSSR count). The summed E-state index contributed by atoms with van der Waals surface area (Å²) in [5.74, 6) is -5.71. The number of hydrogen-bond acceptors (Lipinski definition) is 41. The molecule has 9 heterocycles. The molecule has 9 aromatic heterocycles. The number of halogens is 12. The number of alkyl halides is 5. The van der Waals surface area contributed by atoms with Gasteiger partial charge in [0.1, 0.15) is 99.1 Å². The normalized spacial score (nSPS) is 10.9. The number of aryl methyl sites for hydroxylation is 1. The summed E-state index contributed by atoms with van der Waals surface area (Å²) in [6.07, 6.45) is 9.74. The monoisotopic (exact) mass is 2270 g/mol. The van der Waals surface area contributed by atoms with Gasteiger partial charge in [-0.2, -0.15) is 13.2 Å². The number of anilines is 7. The summed E-state index contributed by atoms with van der Waals surface area (Å²) in [5.41, 5.74) is 4.42. The van der Waals surface area contributed by atoms with Crippen molar-refractivity contribution in [2.24, 2.45) is 23.7 Å². The Bertz CT molecular complexity index is 5390. The number of amides is 3. The minimum absolute atomic E-state index is 0. The smallest absolute Gasteiger partial charge is 1.00 e. The second-order valence-electron chi connectivity index (χ2n) is 30.8. The van der Waals surface area contributed by atoms with Gasteiger partial charge < -0.3 is 108 Å². The van der Waals surface area contributed by atoms with E-state index in [1.807, 2.05) is 6.92 Å². The van der Waals surface area contributed by atoms with Crippen molar-refractivity contribution in [2.75, 3.05) is 98.3 Å². The van der Waals surface area contributed by atoms with Gasteiger partial charge >= 0.3 is 164 Å². The maximum Gasteiger partial charge on any atom is 1.00 e. The third-order valence-electron chi connectivity index (χ3n) is 17.4. The molecule has 0 saturated heterocycles. The van der Waals surface area contributed by atoms with Crippen LogP contribution in [0.1, 0.15) is 172 Å². The summed E-state index contributed by atoms with van der Waals surface area (Å²) < 4.78 is 134. The van der Waals surface area contributed by atoms with E-state index in [0.717, 1.165) is 35.5 Å². The molecule has 0 aliphatic rings. The number of aliphatic carboxylic acids is 1. The minimum atomic E-state index is -5.19. The van der Waals surface area contributed by atoms with Crippen LogP contribution in [-0.2, 0) is 114 Å². The van der Waals surface area contributed by atoms with E-state index in [9.17, 15) is 78.3 Å². The van der Waals surface area contributed by atoms with Gasteiger partial charge in [-0.05, 0) is 129 Å². The molecule has 9 aromatic rings. The van der Waals surface area contributed by atoms with Crippen LogP contribution in [0, 0.1) is 46.9 Å². The van der Waals surface area contributed by atoms with Crippen LogP contribution in [0.4, 0.5) is 85.0 Å². The SMILES string of the molecule is C.C.CC(C)(C)OC(=O)OC(=O)OC(C)(C)C.COC(=O)[C@@H](C)CCCCC(=O)Nc1c(Cl)ncnc1NCc1ncccc1F.COC(=O)[C@@H](C)CCCCc1nc2c(NCc3ncccc3F)ncnc2s1.COC(=O)[C@@H](C)CNCCC(=O)Nc1c(Cl)ncnc1NCc1ncccc1F.COC(=O)[C@@H](C)C[NH3+].O=C(CCCl)Nc1c(Cl)ncnc1NCc1ncccc1F.O=C([O-])C(F)(F)F.O=CO[O-].[2H]CF.[H-].[K+].[K+].[Li+].[OH-]. The molecule has 0 saturated carbocycles. The van der Waals surface area contributed by atoms with E-state index in [0.29, 0.717) is 55.9 Å². The second-order valence-corrected chi connectivity index (χ2v) is 33.3. The summed E-state index contributed by atoms with van der Waals surface area (Å²) in [4.78, 5) is 176. The van der Waals surface area contributed by atoms with Crippen LogP contribution < -0.4 is 180 Å². The predicted molar refractivity (Wildman–Crippen MR) is 525 cm³/mol. The summed E-state index contributed by atoms with van der Waals surface area (Å²) in [7, 11) is 4.47. The number of rotatable bonds is 38. The Hall–Kier alpha value is -9.71. The molecule has 0 spiro atoms. The van der Waals surface area contributed by atoms with Gasteiger partial charge in [0.2, 0.25) is 17.7 Å². The first-order chi connectivity index (χ1) is 68.5. The van der Waals surface area contributed by atoms with E-state index >= 15 is 0 Å². The van der Waals surface area contributed by atoms with Crippen molar-refractivity contribution < 1.29 is 272 Å². The van der Waals surface area contributed by atoms with Crippen LogP contribution in [0.3, 0.4) is 0 Å². The summed E-state index contributed by atoms with van der Waals surface area (Å²) in [5, 5.41) is 41.1. The van der Waals surface area contributed by atoms with E-state index < -0.39 is 60.3 Å². The number of nitrogens with one attached hydrogen (secondary N) is 8. The zero-order valence-corrected chi connectivity index (χ0v) is 94.1. The number of hydrogen-bond donors (Lipinski definition) is 9. The molecule has 0 aliphatic carbocycles. The second kappa shape index (κ2) is 83.8. The number of aromatic nitrogens is 13. The quantitative estimate of drug-likeness (QED) is 0.00217. The average molecular weight is 2280 g/mol. The molecule has 44 nitrogen and oxygen atoms in total. The van der Waals surface area contributed by atoms with Crippen LogP contribution in [0.2, 0.25) is 15.5 Å². The van der Waals surface area contributed by atoms with Gasteiger partial charge in [0.15, 0.2) is 38.7 Å². The molecular formula is C90H123Cl4F8K2LiN22O22S. The fourth-order valence-electron chi connectivity index (χ4n) is 10.3. The van der Waals surface area contributed by atoms with Gasteiger partial charge in [0, 0.05) is 63.0 Å². The predicted octanol–water partition coefficient (Wildman–Crippen LogP) is 4.64. The molecule has 4 atom stereocenters. The zero-order chi connectivity index (χ0) is 109. The first-order valence-corrected chi connectivity index (χ1v) is 45.2. The maximum atomic E-state index is 13.7. The Labute approximate surface area is 985 Å². The number of thiazole rings is 1. The largest absolute Gasteiger partial charge is 1.00 e. The van der Waals surface area contributed by atoms with E-state index in [1.54, 1.807) is 74.6 Å². The first kappa shape index (κ1) is 149. The van der Waals surface area contributed by atoms with Gasteiger partial charge in [0.25, 0.3) is 6.47 Å². The van der Waals surface area contributed by atoms with E-state index in [2.05, 4.69) is 137 Å². The Morgan fingerprint density at radius 3 is 1.14 bits per heavy atom. The number of carboxylic acids is 1. The molecule has 3 amide bonds. The molecular weight excluding hydrogens is 2150 g/mol. The Morgan fingerprint density at radius 2 is 0.827 bits per heavy atom. The van der Waals surface area contributed by atoms with Crippen molar-refractivity contribution in [3.8, 4) is 0 Å². The molecule has 818 valence electrons. The fourth-order valence-corrected chi connectivity index (χ4v) is 11.9. The topological polar surface area (TPSA) is 629 Å². The van der Waals surface area contributed by atoms with Gasteiger partial charge in [-0.1, -0.05) is 94.6 Å². The number of carbonyl (C=O) groups is 11. The first-order valence-electron chi connectivity index (χ1n) is 43.4. The number of quaternary nitrogens is 1. The number of fused-ring (bicyclic) bond motifs is 1. The zero-order valence-electron chi connectivity index (χ0n) is 86.0. The fraction of sp³-hybridized carbons (Fsp3) is 0.467. The van der Waals surface area contributed by atoms with Crippen LogP contribution in [-0.4, -0.2) is 215 Å². The molecule has 0 aromatic carbocycles. The Morgan fingerprint density at radius 1 is 0.513 bits per heavy atom. The number of esters is 4. The third-order valence-corrected chi connectivity index (χ3v) is 19.5. The van der Waals surface area contributed by atoms with Crippen molar-refractivity contribution in [3.05, 3.63) is 165 Å². The molecule has 0 bridgehead atoms. The molecule has 0 radical (unpaired) electrons. The number of pyridine rings is 4. The van der Waals surface area contributed by atoms with Crippen molar-refractivity contribution in [1.29, 1.82) is 0 Å². The summed E-state index contributed by atoms with van der Waals surface area (Å²) in [6, 6.07) is 11.3. The van der Waals surface area contributed by atoms with Crippen LogP contribution in [0.15, 0.2) is 98.6 Å². The standard InChI is InChI=1S/C19H23ClFN5O3.C19H22FN5O2S.C18H22ClFN6O3.C13H12Cl2FN5O.C10H18O5.C5H11NO2.C2HF3O2.CH3F.CH2O3.2CH4.2K.Li.H2O.H/c1-12(19(28)29-2)6-3-4-8-15(27)26-16-17(20)24-11-25-18(16)23-10-14-13(21)7-5-9-22-14;1-12(19(26)27-2)6-3-4-8-15-25-16-17(23-11-24-18(16)28-15)22-10-14-13(20)7-5-9-21-14;1-11(18(28)29-2)8-21-7-5-14(27)26-15-16(19)24-10-25-17(15)23-9-13-12(20)4-3-6-22-13;14-4-3-10(22)21-11-12(15)19-7-20-13(11)18-6-9-8(16)2-1-5-17-9;1-9(2,3)14-7(11)13-8(12)15-10(4,5)6;1-4(3-6)5(7)8-2;3-2(4,5)1(6)7;1-2;2-1-4-3;;;;;;;/h5,7,9,11-12H,3-4,6,8,10H2,1-2H3,(H,26,27)(H,23,24,25);5,7,9,11-12H,3-4,6,8,10H2,1-2H3,(H,22,23,24);3-4,6,10-11,21H,5,7-9H2,1-2H3,(H,26,27)(H,23,24,25);1-2,5,7H,3-4,6H2,(H,21,22)(H,18,19,20);1-6H3;4H,3,6H2,1-2H3;(H,6,7);1H3;1,3H;2*1H4;;;;1H2;/q;;;;;;;;;;;3*+1;;-1/p-2/t2*12-;11-;;;4-;;;;;;;;;;/m000..0........../s1/i;;;;;;;1D;;;;;;;;. The van der Waals surface area contributed by atoms with Crippen LogP contribution >= 0.6 is 57.7 Å². The van der Waals surface area contributed by atoms with Gasteiger partial charge in [0.05, 0.1) is 115 Å². The minimum Gasteiger partial charge on any atom is -1.00 e. The average Bonchev–Trinajstić information content (AvgIpc) is 1.67. The number of ether oxygens (including phenoxy) is 7. The summed E-state index contributed by atoms with van der Waals surface area (Å²) >= 11 is 25.2. The number of carbonyl (C=O) groups excluding carboxylic acids is 11. The number of unbranched alkanes of at least 4 members (excludes halogenated alkanes) is 2. The Kier molecular flexibility index (Phi) is 83.1. The van der Waals surface area contributed by atoms with E-state index in [-0.39, 0.29) is 339 Å². The molecule has 0 fully saturated rings. The van der Waals surface area contributed by atoms with Crippen molar-refractivity contribution in [2.45, 2.75) is 192 Å². The van der Waals surface area contributed by atoms with Gasteiger partial charge in [-0.25, -0.2) is 72.0 Å². The van der Waals surface area contributed by atoms with Crippen molar-refractivity contribution in [3.63, 3.8) is 0 Å². The summed E-state index contributed by atoms with van der Waals surface area (Å²) in [6.45, 7) is 18.8. The van der Waals surface area contributed by atoms with Crippen molar-refractivity contribution in [1.82, 2.24) is 70.1 Å². The molecule has 0 aliphatic heterocycles. The third kappa shape index (κ3) is 64.3. The molecule has 0 unspecified atom stereocenters. The van der Waals surface area contributed by atoms with Crippen LogP contribution in [0.5, 0.6) is 0 Å². The number of nitrogens with zero attached hydrogens (tertiary/aromatic N) is 13. The maximum absolute atomic E-state index is 13.7. The number of carboxylic acid groups (broad SMARTS) is 1. The molecule has 12 N–H and O–H groups in total. The molecule has 60 heteroatoms. The molecule has 150 heavy (non-hydrogen) atoms. The Balaban J connectivity index is -0.000000328. The van der Waals surface area contributed by atoms with Crippen molar-refractivity contribution >= 4 is 175 Å². The van der Waals surface area contributed by atoms with Crippen LogP contribution in [0.25, 0.3) is 10.3 Å². The number of methoxy groups -OCH3 is 4. The van der Waals surface area contributed by atoms with Gasteiger partial charge in [-0.15, -0.1) is 11.6 Å². The van der Waals surface area contributed by atoms with E-state index in [1.165, 1.54) is 126 Å². The van der Waals surface area contributed by atoms with Gasteiger partial charge in [-0.3, -0.25) is 62.7 Å². The van der Waals surface area contributed by atoms with E-state index in [4.69, 9.17) is 81.9 Å².